The van der Waals surface area contributed by atoms with Crippen LogP contribution in [0.3, 0.4) is 0 Å². The van der Waals surface area contributed by atoms with E-state index in [0.717, 1.165) is 38.3 Å². The average molecular weight is 227 g/mol. The van der Waals surface area contributed by atoms with Gasteiger partial charge in [-0.1, -0.05) is 34.1 Å². The minimum Gasteiger partial charge on any atom is -0.390 e. The van der Waals surface area contributed by atoms with Crippen LogP contribution in [-0.4, -0.2) is 35.2 Å². The van der Waals surface area contributed by atoms with Gasteiger partial charge in [0, 0.05) is 19.6 Å². The number of nitrogens with zero attached hydrogens (tertiary/aromatic N) is 1. The van der Waals surface area contributed by atoms with Crippen molar-refractivity contribution in [2.24, 2.45) is 11.8 Å². The van der Waals surface area contributed by atoms with Crippen molar-refractivity contribution in [2.75, 3.05) is 19.6 Å². The Hall–Kier alpha value is -0.0800. The second-order valence-electron chi connectivity index (χ2n) is 6.14. The van der Waals surface area contributed by atoms with E-state index >= 15 is 0 Å². The molecule has 0 spiro atoms. The third-order valence-electron chi connectivity index (χ3n) is 3.84. The zero-order valence-electron chi connectivity index (χ0n) is 11.5. The third kappa shape index (κ3) is 4.42. The maximum atomic E-state index is 10.5. The van der Waals surface area contributed by atoms with Gasteiger partial charge in [-0.3, -0.25) is 0 Å². The molecule has 0 aromatic rings. The molecule has 0 radical (unpaired) electrons. The molecule has 1 heterocycles. The van der Waals surface area contributed by atoms with Crippen LogP contribution in [0.25, 0.3) is 0 Å². The van der Waals surface area contributed by atoms with Crippen molar-refractivity contribution >= 4 is 0 Å². The third-order valence-corrected chi connectivity index (χ3v) is 3.84. The first kappa shape index (κ1) is 14.0. The summed E-state index contributed by atoms with van der Waals surface area (Å²) in [5.74, 6) is 1.39. The molecule has 0 aromatic carbocycles. The highest BCUT2D eigenvalue weighted by atomic mass is 16.3. The Morgan fingerprint density at radius 3 is 2.19 bits per heavy atom. The minimum atomic E-state index is -0.372. The molecule has 2 nitrogen and oxygen atoms in total. The van der Waals surface area contributed by atoms with Gasteiger partial charge in [-0.2, -0.15) is 0 Å². The van der Waals surface area contributed by atoms with Crippen molar-refractivity contribution in [3.63, 3.8) is 0 Å². The first-order valence-corrected chi connectivity index (χ1v) is 6.90. The van der Waals surface area contributed by atoms with Crippen LogP contribution in [0.5, 0.6) is 0 Å². The Morgan fingerprint density at radius 1 is 1.19 bits per heavy atom. The van der Waals surface area contributed by atoms with E-state index in [4.69, 9.17) is 0 Å². The van der Waals surface area contributed by atoms with Gasteiger partial charge in [0.05, 0.1) is 5.60 Å². The van der Waals surface area contributed by atoms with Gasteiger partial charge < -0.3 is 10.0 Å². The van der Waals surface area contributed by atoms with E-state index in [-0.39, 0.29) is 5.60 Å². The summed E-state index contributed by atoms with van der Waals surface area (Å²) >= 11 is 0. The molecule has 0 aromatic heterocycles. The highest BCUT2D eigenvalue weighted by Gasteiger charge is 2.33. The Labute approximate surface area is 101 Å². The summed E-state index contributed by atoms with van der Waals surface area (Å²) in [6.45, 7) is 12.3. The van der Waals surface area contributed by atoms with Crippen LogP contribution in [0, 0.1) is 11.8 Å². The summed E-state index contributed by atoms with van der Waals surface area (Å²) in [4.78, 5) is 2.50. The van der Waals surface area contributed by atoms with E-state index < -0.39 is 0 Å². The lowest BCUT2D eigenvalue weighted by Crippen LogP contribution is -2.46. The summed E-state index contributed by atoms with van der Waals surface area (Å²) in [7, 11) is 0. The van der Waals surface area contributed by atoms with E-state index in [1.807, 2.05) is 0 Å². The zero-order chi connectivity index (χ0) is 12.2. The van der Waals surface area contributed by atoms with Crippen molar-refractivity contribution < 1.29 is 5.11 Å². The molecule has 1 saturated heterocycles. The predicted octanol–water partition coefficient (Wildman–Crippen LogP) is 2.91. The number of rotatable bonds is 5. The van der Waals surface area contributed by atoms with E-state index in [9.17, 15) is 5.11 Å². The predicted molar refractivity (Wildman–Crippen MR) is 69.5 cm³/mol. The summed E-state index contributed by atoms with van der Waals surface area (Å²) in [6.07, 6.45) is 4.09. The summed E-state index contributed by atoms with van der Waals surface area (Å²) in [5.41, 5.74) is -0.372. The molecule has 0 saturated carbocycles. The molecular weight excluding hydrogens is 198 g/mol. The fourth-order valence-corrected chi connectivity index (χ4v) is 2.67. The molecule has 1 aliphatic rings. The van der Waals surface area contributed by atoms with E-state index in [0.29, 0.717) is 5.92 Å². The van der Waals surface area contributed by atoms with Crippen LogP contribution >= 0.6 is 0 Å². The molecule has 1 unspecified atom stereocenters. The number of hydrogen-bond acceptors (Lipinski definition) is 2. The van der Waals surface area contributed by atoms with Crippen LogP contribution in [0.15, 0.2) is 0 Å². The minimum absolute atomic E-state index is 0.372. The van der Waals surface area contributed by atoms with Crippen LogP contribution in [0.1, 0.15) is 53.4 Å². The van der Waals surface area contributed by atoms with E-state index in [1.165, 1.54) is 13.0 Å². The quantitative estimate of drug-likeness (QED) is 0.780. The lowest BCUT2D eigenvalue weighted by molar-refractivity contribution is -0.0395. The monoisotopic (exact) mass is 227 g/mol. The second kappa shape index (κ2) is 6.02. The zero-order valence-corrected chi connectivity index (χ0v) is 11.5. The molecule has 0 amide bonds. The Morgan fingerprint density at radius 2 is 1.75 bits per heavy atom. The molecule has 1 aliphatic heterocycles. The van der Waals surface area contributed by atoms with Crippen molar-refractivity contribution in [1.29, 1.82) is 0 Å². The number of hydrogen-bond donors (Lipinski definition) is 1. The fraction of sp³-hybridized carbons (Fsp3) is 1.00. The second-order valence-corrected chi connectivity index (χ2v) is 6.14. The van der Waals surface area contributed by atoms with Crippen molar-refractivity contribution in [3.05, 3.63) is 0 Å². The lowest BCUT2D eigenvalue weighted by Gasteiger charge is -2.40. The van der Waals surface area contributed by atoms with Gasteiger partial charge in [0.15, 0.2) is 0 Å². The van der Waals surface area contributed by atoms with Gasteiger partial charge in [0.2, 0.25) is 0 Å². The molecule has 1 N–H and O–H groups in total. The number of aliphatic hydroxyl groups is 1. The summed E-state index contributed by atoms with van der Waals surface area (Å²) in [6, 6.07) is 0. The molecule has 1 fully saturated rings. The molecule has 1 rings (SSSR count). The van der Waals surface area contributed by atoms with Crippen LogP contribution in [0.4, 0.5) is 0 Å². The van der Waals surface area contributed by atoms with Crippen molar-refractivity contribution in [3.8, 4) is 0 Å². The Bertz CT molecular complexity index is 195. The molecule has 0 aliphatic carbocycles. The SMILES string of the molecule is CCC(C)CC1(O)CCN(CC(C)C)CC1. The maximum absolute atomic E-state index is 10.5. The molecular formula is C14H29NO. The van der Waals surface area contributed by atoms with Crippen LogP contribution in [0.2, 0.25) is 0 Å². The normalized spacial score (nSPS) is 23.6. The fourth-order valence-electron chi connectivity index (χ4n) is 2.67. The van der Waals surface area contributed by atoms with Crippen molar-refractivity contribution in [1.82, 2.24) is 4.90 Å². The molecule has 96 valence electrons. The highest BCUT2D eigenvalue weighted by Crippen LogP contribution is 2.30. The smallest absolute Gasteiger partial charge is 0.0674 e. The summed E-state index contributed by atoms with van der Waals surface area (Å²) < 4.78 is 0. The van der Waals surface area contributed by atoms with Crippen molar-refractivity contribution in [2.45, 2.75) is 59.0 Å². The highest BCUT2D eigenvalue weighted by molar-refractivity contribution is 4.87. The first-order valence-electron chi connectivity index (χ1n) is 6.90. The number of likely N-dealkylation sites (tertiary alicyclic amines) is 1. The van der Waals surface area contributed by atoms with Crippen LogP contribution < -0.4 is 0 Å². The van der Waals surface area contributed by atoms with Gasteiger partial charge in [-0.15, -0.1) is 0 Å². The molecule has 2 heteroatoms. The molecule has 16 heavy (non-hydrogen) atoms. The maximum Gasteiger partial charge on any atom is 0.0674 e. The largest absolute Gasteiger partial charge is 0.390 e. The molecule has 0 bridgehead atoms. The number of piperidine rings is 1. The Kier molecular flexibility index (Phi) is 5.26. The summed E-state index contributed by atoms with van der Waals surface area (Å²) in [5, 5.41) is 10.5. The standard InChI is InChI=1S/C14H29NO/c1-5-13(4)10-14(16)6-8-15(9-7-14)11-12(2)3/h12-13,16H,5-11H2,1-4H3. The van der Waals surface area contributed by atoms with Gasteiger partial charge in [0.1, 0.15) is 0 Å². The average Bonchev–Trinajstić information content (AvgIpc) is 2.21. The van der Waals surface area contributed by atoms with Gasteiger partial charge >= 0.3 is 0 Å². The van der Waals surface area contributed by atoms with Gasteiger partial charge in [-0.05, 0) is 31.1 Å². The Balaban J connectivity index is 2.34. The van der Waals surface area contributed by atoms with E-state index in [1.54, 1.807) is 0 Å². The lowest BCUT2D eigenvalue weighted by atomic mass is 9.82. The molecule has 1 atom stereocenters. The first-order chi connectivity index (χ1) is 7.45. The van der Waals surface area contributed by atoms with Gasteiger partial charge in [-0.25, -0.2) is 0 Å². The van der Waals surface area contributed by atoms with Crippen LogP contribution in [-0.2, 0) is 0 Å². The topological polar surface area (TPSA) is 23.5 Å². The van der Waals surface area contributed by atoms with Gasteiger partial charge in [0.25, 0.3) is 0 Å². The van der Waals surface area contributed by atoms with E-state index in [2.05, 4.69) is 32.6 Å².